The first-order chi connectivity index (χ1) is 7.31. The van der Waals surface area contributed by atoms with E-state index >= 15 is 0 Å². The van der Waals surface area contributed by atoms with Gasteiger partial charge >= 0.3 is 0 Å². The topological polar surface area (TPSA) is 28.2 Å². The van der Waals surface area contributed by atoms with Crippen LogP contribution in [0.3, 0.4) is 0 Å². The van der Waals surface area contributed by atoms with Crippen LogP contribution in [0.1, 0.15) is 23.9 Å². The molecule has 0 aliphatic carbocycles. The molecule has 1 unspecified atom stereocenters. The number of hydrogen-bond donors (Lipinski definition) is 1. The number of aryl methyl sites for hydroxylation is 1. The van der Waals surface area contributed by atoms with Crippen molar-refractivity contribution in [3.05, 3.63) is 16.1 Å². The van der Waals surface area contributed by atoms with Crippen LogP contribution in [0, 0.1) is 6.92 Å². The zero-order chi connectivity index (χ0) is 10.7. The molecule has 1 aliphatic heterocycles. The maximum Gasteiger partial charge on any atom is 0.0798 e. The van der Waals surface area contributed by atoms with Crippen LogP contribution in [0.2, 0.25) is 0 Å². The van der Waals surface area contributed by atoms with E-state index in [0.29, 0.717) is 6.04 Å². The number of nitrogens with one attached hydrogen (secondary N) is 1. The van der Waals surface area contributed by atoms with E-state index in [4.69, 9.17) is 0 Å². The lowest BCUT2D eigenvalue weighted by Crippen LogP contribution is -2.50. The minimum atomic E-state index is 0.695. The summed E-state index contributed by atoms with van der Waals surface area (Å²) >= 11 is 1.78. The molecule has 1 aromatic rings. The number of hydrogen-bond acceptors (Lipinski definition) is 4. The van der Waals surface area contributed by atoms with Gasteiger partial charge in [0.05, 0.1) is 11.2 Å². The monoisotopic (exact) mass is 225 g/mol. The summed E-state index contributed by atoms with van der Waals surface area (Å²) in [5.41, 5.74) is 3.15. The van der Waals surface area contributed by atoms with Crippen molar-refractivity contribution >= 4 is 11.3 Å². The fourth-order valence-corrected chi connectivity index (χ4v) is 2.88. The van der Waals surface area contributed by atoms with Gasteiger partial charge in [-0.15, -0.1) is 11.3 Å². The molecule has 3 nitrogen and oxygen atoms in total. The molecule has 0 amide bonds. The maximum atomic E-state index is 4.31. The second-order valence-electron chi connectivity index (χ2n) is 4.10. The van der Waals surface area contributed by atoms with Crippen molar-refractivity contribution in [2.45, 2.75) is 32.9 Å². The molecule has 84 valence electrons. The third-order valence-corrected chi connectivity index (χ3v) is 4.05. The van der Waals surface area contributed by atoms with Crippen LogP contribution in [-0.4, -0.2) is 35.6 Å². The molecule has 2 rings (SSSR count). The highest BCUT2D eigenvalue weighted by Gasteiger charge is 2.21. The molecular formula is C11H19N3S. The first kappa shape index (κ1) is 11.0. The fourth-order valence-electron chi connectivity index (χ4n) is 2.08. The summed E-state index contributed by atoms with van der Waals surface area (Å²) in [5.74, 6) is 0. The van der Waals surface area contributed by atoms with Crippen molar-refractivity contribution in [3.63, 3.8) is 0 Å². The fraction of sp³-hybridized carbons (Fsp3) is 0.727. The summed E-state index contributed by atoms with van der Waals surface area (Å²) in [6.45, 7) is 8.87. The Hall–Kier alpha value is -0.450. The van der Waals surface area contributed by atoms with E-state index < -0.39 is 0 Å². The van der Waals surface area contributed by atoms with Gasteiger partial charge in [0.1, 0.15) is 0 Å². The molecule has 1 aliphatic rings. The molecule has 1 fully saturated rings. The number of thiazole rings is 1. The van der Waals surface area contributed by atoms with Gasteiger partial charge in [-0.05, 0) is 13.3 Å². The van der Waals surface area contributed by atoms with Crippen LogP contribution in [0.4, 0.5) is 0 Å². The molecule has 1 aromatic heterocycles. The summed E-state index contributed by atoms with van der Waals surface area (Å²) in [6, 6.07) is 0.695. The summed E-state index contributed by atoms with van der Waals surface area (Å²) in [5, 5.41) is 3.46. The molecule has 0 spiro atoms. The lowest BCUT2D eigenvalue weighted by Gasteiger charge is -2.35. The molecule has 1 saturated heterocycles. The van der Waals surface area contributed by atoms with Gasteiger partial charge in [0.2, 0.25) is 0 Å². The summed E-state index contributed by atoms with van der Waals surface area (Å²) in [7, 11) is 0. The van der Waals surface area contributed by atoms with E-state index in [0.717, 1.165) is 26.2 Å². The maximum absolute atomic E-state index is 4.31. The van der Waals surface area contributed by atoms with Crippen molar-refractivity contribution in [1.29, 1.82) is 0 Å². The van der Waals surface area contributed by atoms with Crippen molar-refractivity contribution in [1.82, 2.24) is 15.2 Å². The zero-order valence-corrected chi connectivity index (χ0v) is 10.3. The van der Waals surface area contributed by atoms with Crippen LogP contribution in [0.25, 0.3) is 0 Å². The highest BCUT2D eigenvalue weighted by molar-refractivity contribution is 7.09. The first-order valence-electron chi connectivity index (χ1n) is 5.65. The smallest absolute Gasteiger partial charge is 0.0798 e. The highest BCUT2D eigenvalue weighted by atomic mass is 32.1. The second kappa shape index (κ2) is 5.05. The third-order valence-electron chi connectivity index (χ3n) is 3.13. The Bertz CT molecular complexity index is 311. The molecule has 0 bridgehead atoms. The molecule has 0 radical (unpaired) electrons. The van der Waals surface area contributed by atoms with Crippen molar-refractivity contribution in [3.8, 4) is 0 Å². The van der Waals surface area contributed by atoms with Gasteiger partial charge in [-0.25, -0.2) is 4.98 Å². The Balaban J connectivity index is 2.00. The lowest BCUT2D eigenvalue weighted by molar-refractivity contribution is 0.150. The quantitative estimate of drug-likeness (QED) is 0.847. The van der Waals surface area contributed by atoms with E-state index in [1.54, 1.807) is 11.3 Å². The van der Waals surface area contributed by atoms with Gasteiger partial charge in [0, 0.05) is 37.1 Å². The Morgan fingerprint density at radius 2 is 2.53 bits per heavy atom. The van der Waals surface area contributed by atoms with E-state index in [1.165, 1.54) is 17.0 Å². The van der Waals surface area contributed by atoms with Gasteiger partial charge < -0.3 is 5.32 Å². The molecule has 0 aromatic carbocycles. The largest absolute Gasteiger partial charge is 0.314 e. The standard InChI is InChI=1S/C11H19N3S/c1-3-10-6-12-4-5-14(10)7-11-9(2)13-8-15-11/h8,10,12H,3-7H2,1-2H3. The SMILES string of the molecule is CCC1CNCCN1Cc1scnc1C. The van der Waals surface area contributed by atoms with Gasteiger partial charge in [-0.2, -0.15) is 0 Å². The number of nitrogens with zero attached hydrogens (tertiary/aromatic N) is 2. The van der Waals surface area contributed by atoms with Crippen LogP contribution < -0.4 is 5.32 Å². The molecule has 4 heteroatoms. The van der Waals surface area contributed by atoms with Crippen molar-refractivity contribution in [2.24, 2.45) is 0 Å². The van der Waals surface area contributed by atoms with E-state index in [9.17, 15) is 0 Å². The Labute approximate surface area is 95.5 Å². The average Bonchev–Trinajstić information content (AvgIpc) is 2.65. The van der Waals surface area contributed by atoms with E-state index in [2.05, 4.69) is 29.0 Å². The van der Waals surface area contributed by atoms with E-state index in [1.807, 2.05) is 5.51 Å². The third kappa shape index (κ3) is 2.56. The van der Waals surface area contributed by atoms with Gasteiger partial charge in [0.25, 0.3) is 0 Å². The first-order valence-corrected chi connectivity index (χ1v) is 6.53. The number of rotatable bonds is 3. The molecular weight excluding hydrogens is 206 g/mol. The van der Waals surface area contributed by atoms with Crippen molar-refractivity contribution < 1.29 is 0 Å². The van der Waals surface area contributed by atoms with Crippen molar-refractivity contribution in [2.75, 3.05) is 19.6 Å². The second-order valence-corrected chi connectivity index (χ2v) is 5.04. The Morgan fingerprint density at radius 3 is 3.20 bits per heavy atom. The van der Waals surface area contributed by atoms with E-state index in [-0.39, 0.29) is 0 Å². The lowest BCUT2D eigenvalue weighted by atomic mass is 10.1. The molecule has 0 saturated carbocycles. The normalized spacial score (nSPS) is 23.2. The minimum absolute atomic E-state index is 0.695. The van der Waals surface area contributed by atoms with Crippen LogP contribution >= 0.6 is 11.3 Å². The zero-order valence-electron chi connectivity index (χ0n) is 9.49. The minimum Gasteiger partial charge on any atom is -0.314 e. The molecule has 2 heterocycles. The average molecular weight is 225 g/mol. The van der Waals surface area contributed by atoms with Gasteiger partial charge in [-0.1, -0.05) is 6.92 Å². The van der Waals surface area contributed by atoms with Gasteiger partial charge in [0.15, 0.2) is 0 Å². The Kier molecular flexibility index (Phi) is 3.72. The predicted molar refractivity (Wildman–Crippen MR) is 64.2 cm³/mol. The van der Waals surface area contributed by atoms with Gasteiger partial charge in [-0.3, -0.25) is 4.90 Å². The highest BCUT2D eigenvalue weighted by Crippen LogP contribution is 2.18. The van der Waals surface area contributed by atoms with Crippen LogP contribution in [-0.2, 0) is 6.54 Å². The predicted octanol–water partition coefficient (Wildman–Crippen LogP) is 1.64. The molecule has 1 atom stereocenters. The summed E-state index contributed by atoms with van der Waals surface area (Å²) in [6.07, 6.45) is 1.23. The molecule has 1 N–H and O–H groups in total. The number of piperazine rings is 1. The Morgan fingerprint density at radius 1 is 1.67 bits per heavy atom. The summed E-state index contributed by atoms with van der Waals surface area (Å²) in [4.78, 5) is 8.32. The van der Waals surface area contributed by atoms with Crippen LogP contribution in [0.15, 0.2) is 5.51 Å². The van der Waals surface area contributed by atoms with Crippen LogP contribution in [0.5, 0.6) is 0 Å². The number of aromatic nitrogens is 1. The summed E-state index contributed by atoms with van der Waals surface area (Å²) < 4.78 is 0. The molecule has 15 heavy (non-hydrogen) atoms.